The fourth-order valence-corrected chi connectivity index (χ4v) is 3.67. The van der Waals surface area contributed by atoms with Gasteiger partial charge < -0.3 is 4.74 Å². The maximum absolute atomic E-state index is 11.8. The number of nitro benzene ring substituents is 1. The summed E-state index contributed by atoms with van der Waals surface area (Å²) in [5.41, 5.74) is 3.43. The van der Waals surface area contributed by atoms with Gasteiger partial charge in [-0.2, -0.15) is 14.9 Å². The molecule has 9 heteroatoms. The third-order valence-electron chi connectivity index (χ3n) is 5.38. The number of benzene rings is 3. The Labute approximate surface area is 208 Å². The molecular weight excluding hydrogens is 462 g/mol. The highest BCUT2D eigenvalue weighted by Gasteiger charge is 2.18. The molecule has 0 bridgehead atoms. The molecular formula is C26H25N5O3S. The molecule has 4 rings (SSSR count). The maximum atomic E-state index is 11.8. The van der Waals surface area contributed by atoms with Crippen molar-refractivity contribution in [1.29, 1.82) is 0 Å². The van der Waals surface area contributed by atoms with Gasteiger partial charge in [0.05, 0.1) is 11.1 Å². The standard InChI is InChI=1S/C26H25N5O3S/c1-17-6-5-7-19(14-17)24-28-29-25(35)30(24)27-16-18-8-13-23(22(15-18)31(32)33)34-21-11-9-20(10-12-21)26(2,3)4/h5-16H,1-4H3,(H,29,35)/b27-16+. The topological polar surface area (TPSA) is 98.3 Å². The van der Waals surface area contributed by atoms with Crippen LogP contribution in [0.25, 0.3) is 11.4 Å². The lowest BCUT2D eigenvalue weighted by atomic mass is 9.87. The number of hydrogen-bond acceptors (Lipinski definition) is 6. The Balaban J connectivity index is 1.61. The molecule has 0 aliphatic carbocycles. The molecule has 0 aliphatic rings. The van der Waals surface area contributed by atoms with Crippen molar-refractivity contribution in [2.75, 3.05) is 0 Å². The summed E-state index contributed by atoms with van der Waals surface area (Å²) in [5, 5.41) is 23.2. The van der Waals surface area contributed by atoms with E-state index in [1.165, 1.54) is 17.0 Å². The van der Waals surface area contributed by atoms with Crippen molar-refractivity contribution < 1.29 is 9.66 Å². The van der Waals surface area contributed by atoms with Crippen LogP contribution in [0.1, 0.15) is 37.5 Å². The maximum Gasteiger partial charge on any atom is 0.312 e. The summed E-state index contributed by atoms with van der Waals surface area (Å²) in [4.78, 5) is 11.3. The van der Waals surface area contributed by atoms with Crippen LogP contribution in [0.2, 0.25) is 0 Å². The molecule has 0 fully saturated rings. The Bertz CT molecular complexity index is 1460. The van der Waals surface area contributed by atoms with Crippen LogP contribution in [0, 0.1) is 21.8 Å². The second-order valence-corrected chi connectivity index (χ2v) is 9.53. The molecule has 0 spiro atoms. The highest BCUT2D eigenvalue weighted by atomic mass is 32.1. The van der Waals surface area contributed by atoms with Gasteiger partial charge in [0, 0.05) is 17.2 Å². The van der Waals surface area contributed by atoms with E-state index in [0.29, 0.717) is 21.9 Å². The Morgan fingerprint density at radius 2 is 1.86 bits per heavy atom. The first-order chi connectivity index (χ1) is 16.6. The fraction of sp³-hybridized carbons (Fsp3) is 0.192. The monoisotopic (exact) mass is 487 g/mol. The lowest BCUT2D eigenvalue weighted by Gasteiger charge is -2.19. The number of rotatable bonds is 6. The summed E-state index contributed by atoms with van der Waals surface area (Å²) < 4.78 is 7.62. The van der Waals surface area contributed by atoms with Gasteiger partial charge in [-0.05, 0) is 60.5 Å². The van der Waals surface area contributed by atoms with Gasteiger partial charge in [0.25, 0.3) is 0 Å². The Morgan fingerprint density at radius 3 is 2.51 bits per heavy atom. The summed E-state index contributed by atoms with van der Waals surface area (Å²) in [6.45, 7) is 8.35. The fourth-order valence-electron chi connectivity index (χ4n) is 3.49. The highest BCUT2D eigenvalue weighted by Crippen LogP contribution is 2.33. The quantitative estimate of drug-likeness (QED) is 0.140. The molecule has 0 aliphatic heterocycles. The van der Waals surface area contributed by atoms with Crippen molar-refractivity contribution in [2.24, 2.45) is 5.10 Å². The van der Waals surface area contributed by atoms with Crippen LogP contribution < -0.4 is 4.74 Å². The van der Waals surface area contributed by atoms with Crippen molar-refractivity contribution in [3.63, 3.8) is 0 Å². The molecule has 178 valence electrons. The van der Waals surface area contributed by atoms with Gasteiger partial charge >= 0.3 is 5.69 Å². The predicted octanol–water partition coefficient (Wildman–Crippen LogP) is 6.80. The minimum Gasteiger partial charge on any atom is -0.450 e. The van der Waals surface area contributed by atoms with Crippen LogP contribution >= 0.6 is 12.2 Å². The number of H-pyrrole nitrogens is 1. The molecule has 3 aromatic carbocycles. The summed E-state index contributed by atoms with van der Waals surface area (Å²) in [6, 6.07) is 20.0. The van der Waals surface area contributed by atoms with Crippen LogP contribution in [-0.2, 0) is 5.41 Å². The minimum absolute atomic E-state index is 0.00258. The Morgan fingerprint density at radius 1 is 1.11 bits per heavy atom. The summed E-state index contributed by atoms with van der Waals surface area (Å²) in [7, 11) is 0. The summed E-state index contributed by atoms with van der Waals surface area (Å²) in [6.07, 6.45) is 1.50. The van der Waals surface area contributed by atoms with E-state index in [0.717, 1.165) is 16.7 Å². The van der Waals surface area contributed by atoms with Gasteiger partial charge in [0.1, 0.15) is 5.75 Å². The van der Waals surface area contributed by atoms with Crippen molar-refractivity contribution >= 4 is 24.1 Å². The second kappa shape index (κ2) is 9.63. The van der Waals surface area contributed by atoms with E-state index in [4.69, 9.17) is 17.0 Å². The first-order valence-electron chi connectivity index (χ1n) is 11.0. The molecule has 4 aromatic rings. The normalized spacial score (nSPS) is 11.7. The van der Waals surface area contributed by atoms with E-state index < -0.39 is 4.92 Å². The van der Waals surface area contributed by atoms with Gasteiger partial charge in [-0.1, -0.05) is 56.7 Å². The van der Waals surface area contributed by atoms with Crippen LogP contribution in [0.3, 0.4) is 0 Å². The van der Waals surface area contributed by atoms with E-state index in [-0.39, 0.29) is 16.9 Å². The first kappa shape index (κ1) is 24.0. The summed E-state index contributed by atoms with van der Waals surface area (Å²) in [5.74, 6) is 1.22. The zero-order valence-electron chi connectivity index (χ0n) is 19.9. The molecule has 0 unspecified atom stereocenters. The number of aryl methyl sites for hydroxylation is 1. The second-order valence-electron chi connectivity index (χ2n) is 9.14. The van der Waals surface area contributed by atoms with Crippen molar-refractivity contribution in [2.45, 2.75) is 33.1 Å². The first-order valence-corrected chi connectivity index (χ1v) is 11.4. The molecule has 0 saturated carbocycles. The van der Waals surface area contributed by atoms with Gasteiger partial charge in [0.15, 0.2) is 5.82 Å². The SMILES string of the molecule is Cc1cccc(-c2n[nH]c(=S)n2/N=C/c2ccc(Oc3ccc(C(C)(C)C)cc3)c([N+](=O)[O-])c2)c1. The molecule has 0 atom stereocenters. The van der Waals surface area contributed by atoms with E-state index in [1.54, 1.807) is 12.1 Å². The zero-order chi connectivity index (χ0) is 25.2. The molecule has 0 radical (unpaired) electrons. The van der Waals surface area contributed by atoms with Crippen LogP contribution in [0.15, 0.2) is 71.8 Å². The molecule has 35 heavy (non-hydrogen) atoms. The third-order valence-corrected chi connectivity index (χ3v) is 5.64. The average molecular weight is 488 g/mol. The van der Waals surface area contributed by atoms with E-state index in [9.17, 15) is 10.1 Å². The van der Waals surface area contributed by atoms with Crippen molar-refractivity contribution in [1.82, 2.24) is 14.9 Å². The third kappa shape index (κ3) is 5.52. The lowest BCUT2D eigenvalue weighted by molar-refractivity contribution is -0.385. The minimum atomic E-state index is -0.474. The molecule has 8 nitrogen and oxygen atoms in total. The Kier molecular flexibility index (Phi) is 6.61. The number of aromatic amines is 1. The van der Waals surface area contributed by atoms with E-state index in [1.807, 2.05) is 55.5 Å². The predicted molar refractivity (Wildman–Crippen MR) is 139 cm³/mol. The van der Waals surface area contributed by atoms with Gasteiger partial charge in [-0.25, -0.2) is 5.10 Å². The van der Waals surface area contributed by atoms with Crippen LogP contribution in [0.5, 0.6) is 11.5 Å². The van der Waals surface area contributed by atoms with Crippen molar-refractivity contribution in [3.8, 4) is 22.9 Å². The van der Waals surface area contributed by atoms with Gasteiger partial charge in [-0.3, -0.25) is 10.1 Å². The van der Waals surface area contributed by atoms with E-state index >= 15 is 0 Å². The van der Waals surface area contributed by atoms with E-state index in [2.05, 4.69) is 36.1 Å². The highest BCUT2D eigenvalue weighted by molar-refractivity contribution is 7.71. The molecule has 1 aromatic heterocycles. The average Bonchev–Trinajstić information content (AvgIpc) is 3.18. The summed E-state index contributed by atoms with van der Waals surface area (Å²) >= 11 is 5.32. The smallest absolute Gasteiger partial charge is 0.312 e. The molecule has 0 amide bonds. The van der Waals surface area contributed by atoms with Crippen LogP contribution in [0.4, 0.5) is 5.69 Å². The molecule has 1 N–H and O–H groups in total. The van der Waals surface area contributed by atoms with Gasteiger partial charge in [0.2, 0.25) is 10.5 Å². The number of nitrogens with one attached hydrogen (secondary N) is 1. The van der Waals surface area contributed by atoms with Crippen molar-refractivity contribution in [3.05, 3.63) is 98.3 Å². The number of hydrogen-bond donors (Lipinski definition) is 1. The molecule has 1 heterocycles. The Hall–Kier alpha value is -4.11. The number of nitrogens with zero attached hydrogens (tertiary/aromatic N) is 4. The largest absolute Gasteiger partial charge is 0.450 e. The zero-order valence-corrected chi connectivity index (χ0v) is 20.7. The lowest BCUT2D eigenvalue weighted by Crippen LogP contribution is -2.10. The van der Waals surface area contributed by atoms with Gasteiger partial charge in [-0.15, -0.1) is 0 Å². The van der Waals surface area contributed by atoms with Crippen LogP contribution in [-0.4, -0.2) is 26.0 Å². The molecule has 0 saturated heterocycles. The number of ether oxygens (including phenoxy) is 1. The number of nitro groups is 1. The number of aromatic nitrogens is 3.